The van der Waals surface area contributed by atoms with Gasteiger partial charge < -0.3 is 24.4 Å². The molecule has 1 atom stereocenters. The van der Waals surface area contributed by atoms with Gasteiger partial charge in [-0.15, -0.1) is 0 Å². The maximum Gasteiger partial charge on any atom is 0.295 e. The zero-order valence-corrected chi connectivity index (χ0v) is 21.6. The standard InChI is InChI=1S/C26H28Cl2N2O5/c1-29(2)15-11-9-14(10-12-15)21-19(23(32)26(33)30(21)16-7-5-6-8-16)22(31)17-13-18(27)25(35-4)20(28)24(17)34-3/h9-13,16,21,31H,5-8H2,1-4H3/b22-19+. The van der Waals surface area contributed by atoms with E-state index in [-0.39, 0.29) is 38.7 Å². The molecule has 1 aliphatic heterocycles. The van der Waals surface area contributed by atoms with Crippen LogP contribution in [0.25, 0.3) is 5.76 Å². The number of nitrogens with zero attached hydrogens (tertiary/aromatic N) is 2. The number of aliphatic hydroxyl groups excluding tert-OH is 1. The number of anilines is 1. The molecule has 0 aromatic heterocycles. The Balaban J connectivity index is 1.94. The van der Waals surface area contributed by atoms with Crippen molar-refractivity contribution in [3.63, 3.8) is 0 Å². The second kappa shape index (κ2) is 9.99. The van der Waals surface area contributed by atoms with Crippen LogP contribution in [0.5, 0.6) is 11.5 Å². The van der Waals surface area contributed by atoms with E-state index in [9.17, 15) is 14.7 Å². The summed E-state index contributed by atoms with van der Waals surface area (Å²) >= 11 is 12.8. The topological polar surface area (TPSA) is 79.3 Å². The second-order valence-corrected chi connectivity index (χ2v) is 9.70. The van der Waals surface area contributed by atoms with Crippen LogP contribution in [0.1, 0.15) is 42.9 Å². The van der Waals surface area contributed by atoms with Gasteiger partial charge in [0.15, 0.2) is 11.5 Å². The number of ketones is 1. The number of amides is 1. The number of hydrogen-bond donors (Lipinski definition) is 1. The van der Waals surface area contributed by atoms with E-state index in [1.54, 1.807) is 4.90 Å². The molecule has 1 unspecified atom stereocenters. The molecule has 2 fully saturated rings. The summed E-state index contributed by atoms with van der Waals surface area (Å²) in [5.74, 6) is -1.48. The van der Waals surface area contributed by atoms with Gasteiger partial charge in [0.25, 0.3) is 11.7 Å². The first kappa shape index (κ1) is 25.2. The van der Waals surface area contributed by atoms with Crippen molar-refractivity contribution >= 4 is 46.3 Å². The summed E-state index contributed by atoms with van der Waals surface area (Å²) in [6, 6.07) is 8.20. The fraction of sp³-hybridized carbons (Fsp3) is 0.385. The van der Waals surface area contributed by atoms with Crippen molar-refractivity contribution in [3.05, 3.63) is 57.1 Å². The Kier molecular flexibility index (Phi) is 7.20. The van der Waals surface area contributed by atoms with E-state index in [2.05, 4.69) is 0 Å². The first-order chi connectivity index (χ1) is 16.7. The van der Waals surface area contributed by atoms with Gasteiger partial charge in [-0.25, -0.2) is 0 Å². The van der Waals surface area contributed by atoms with E-state index in [4.69, 9.17) is 32.7 Å². The molecule has 1 heterocycles. The maximum atomic E-state index is 13.4. The highest BCUT2D eigenvalue weighted by atomic mass is 35.5. The van der Waals surface area contributed by atoms with Crippen molar-refractivity contribution in [2.45, 2.75) is 37.8 Å². The Morgan fingerprint density at radius 3 is 2.17 bits per heavy atom. The summed E-state index contributed by atoms with van der Waals surface area (Å²) in [4.78, 5) is 30.3. The van der Waals surface area contributed by atoms with Crippen molar-refractivity contribution in [1.82, 2.24) is 4.90 Å². The Hall–Kier alpha value is -2.90. The molecule has 0 bridgehead atoms. The van der Waals surface area contributed by atoms with E-state index in [0.717, 1.165) is 36.9 Å². The lowest BCUT2D eigenvalue weighted by Gasteiger charge is -2.31. The van der Waals surface area contributed by atoms with Gasteiger partial charge in [-0.1, -0.05) is 48.2 Å². The Morgan fingerprint density at radius 2 is 1.63 bits per heavy atom. The number of carbonyl (C=O) groups is 2. The quantitative estimate of drug-likeness (QED) is 0.311. The van der Waals surface area contributed by atoms with E-state index in [1.807, 2.05) is 43.3 Å². The fourth-order valence-electron chi connectivity index (χ4n) is 4.98. The van der Waals surface area contributed by atoms with Crippen LogP contribution >= 0.6 is 23.2 Å². The summed E-state index contributed by atoms with van der Waals surface area (Å²) in [5, 5.41) is 11.7. The summed E-state index contributed by atoms with van der Waals surface area (Å²) in [6.07, 6.45) is 3.58. The Bertz CT molecular complexity index is 1190. The van der Waals surface area contributed by atoms with E-state index >= 15 is 0 Å². The maximum absolute atomic E-state index is 13.4. The van der Waals surface area contributed by atoms with Crippen LogP contribution in [0, 0.1) is 0 Å². The van der Waals surface area contributed by atoms with Crippen molar-refractivity contribution < 1.29 is 24.2 Å². The van der Waals surface area contributed by atoms with Crippen LogP contribution < -0.4 is 14.4 Å². The minimum Gasteiger partial charge on any atom is -0.507 e. The molecule has 4 rings (SSSR count). The van der Waals surface area contributed by atoms with Crippen LogP contribution in [0.15, 0.2) is 35.9 Å². The number of hydrogen-bond acceptors (Lipinski definition) is 6. The average molecular weight is 519 g/mol. The van der Waals surface area contributed by atoms with Gasteiger partial charge in [0, 0.05) is 25.8 Å². The highest BCUT2D eigenvalue weighted by Gasteiger charge is 2.49. The van der Waals surface area contributed by atoms with Gasteiger partial charge in [-0.05, 0) is 36.6 Å². The highest BCUT2D eigenvalue weighted by Crippen LogP contribution is 2.48. The predicted molar refractivity (Wildman–Crippen MR) is 137 cm³/mol. The smallest absolute Gasteiger partial charge is 0.295 e. The van der Waals surface area contributed by atoms with Crippen LogP contribution in [0.3, 0.4) is 0 Å². The third-order valence-electron chi connectivity index (χ3n) is 6.72. The van der Waals surface area contributed by atoms with Crippen molar-refractivity contribution in [2.24, 2.45) is 0 Å². The highest BCUT2D eigenvalue weighted by molar-refractivity contribution is 6.47. The van der Waals surface area contributed by atoms with E-state index in [1.165, 1.54) is 20.3 Å². The molecule has 7 nitrogen and oxygen atoms in total. The fourth-order valence-corrected chi connectivity index (χ4v) is 5.67. The predicted octanol–water partition coefficient (Wildman–Crippen LogP) is 5.44. The lowest BCUT2D eigenvalue weighted by atomic mass is 9.94. The molecule has 0 spiro atoms. The molecule has 186 valence electrons. The van der Waals surface area contributed by atoms with E-state index in [0.29, 0.717) is 0 Å². The minimum absolute atomic E-state index is 0.0184. The van der Waals surface area contributed by atoms with Gasteiger partial charge in [-0.2, -0.15) is 0 Å². The lowest BCUT2D eigenvalue weighted by Crippen LogP contribution is -2.37. The number of benzene rings is 2. The number of carbonyl (C=O) groups excluding carboxylic acids is 2. The van der Waals surface area contributed by atoms with Crippen LogP contribution in [0.2, 0.25) is 10.0 Å². The first-order valence-corrected chi connectivity index (χ1v) is 12.1. The molecule has 1 amide bonds. The first-order valence-electron chi connectivity index (χ1n) is 11.4. The summed E-state index contributed by atoms with van der Waals surface area (Å²) in [5.41, 5.74) is 1.80. The van der Waals surface area contributed by atoms with Crippen molar-refractivity contribution in [2.75, 3.05) is 33.2 Å². The molecule has 1 saturated carbocycles. The lowest BCUT2D eigenvalue weighted by molar-refractivity contribution is -0.141. The number of Topliss-reactive ketones (excluding diaryl/α,β-unsaturated/α-hetero) is 1. The van der Waals surface area contributed by atoms with Gasteiger partial charge in [0.2, 0.25) is 0 Å². The normalized spacial score (nSPS) is 19.9. The molecule has 2 aromatic rings. The molecule has 1 saturated heterocycles. The molecule has 2 aromatic carbocycles. The summed E-state index contributed by atoms with van der Waals surface area (Å²) < 4.78 is 10.7. The molecular formula is C26H28Cl2N2O5. The number of methoxy groups -OCH3 is 2. The van der Waals surface area contributed by atoms with Gasteiger partial charge in [0.05, 0.1) is 36.4 Å². The largest absolute Gasteiger partial charge is 0.507 e. The van der Waals surface area contributed by atoms with Crippen LogP contribution in [-0.2, 0) is 9.59 Å². The molecule has 1 N–H and O–H groups in total. The zero-order chi connectivity index (χ0) is 25.4. The number of halogens is 2. The SMILES string of the molecule is COc1c(Cl)cc(/C(O)=C2\C(=O)C(=O)N(C3CCCC3)C2c2ccc(N(C)C)cc2)c(OC)c1Cl. The van der Waals surface area contributed by atoms with Crippen molar-refractivity contribution in [1.29, 1.82) is 0 Å². The van der Waals surface area contributed by atoms with Gasteiger partial charge in [-0.3, -0.25) is 9.59 Å². The van der Waals surface area contributed by atoms with E-state index < -0.39 is 23.5 Å². The van der Waals surface area contributed by atoms with Crippen LogP contribution in [-0.4, -0.2) is 56.1 Å². The molecule has 2 aliphatic rings. The zero-order valence-electron chi connectivity index (χ0n) is 20.1. The number of rotatable bonds is 6. The molecule has 35 heavy (non-hydrogen) atoms. The molecule has 9 heteroatoms. The minimum atomic E-state index is -0.751. The van der Waals surface area contributed by atoms with Crippen molar-refractivity contribution in [3.8, 4) is 11.5 Å². The molecular weight excluding hydrogens is 491 g/mol. The second-order valence-electron chi connectivity index (χ2n) is 8.92. The number of likely N-dealkylation sites (tertiary alicyclic amines) is 1. The number of aliphatic hydroxyl groups is 1. The third kappa shape index (κ3) is 4.32. The Labute approximate surface area is 214 Å². The van der Waals surface area contributed by atoms with Gasteiger partial charge >= 0.3 is 0 Å². The van der Waals surface area contributed by atoms with Crippen LogP contribution in [0.4, 0.5) is 5.69 Å². The summed E-state index contributed by atoms with van der Waals surface area (Å²) in [7, 11) is 6.67. The van der Waals surface area contributed by atoms with Gasteiger partial charge in [0.1, 0.15) is 10.8 Å². The average Bonchev–Trinajstić information content (AvgIpc) is 3.45. The monoisotopic (exact) mass is 518 g/mol. The molecule has 0 radical (unpaired) electrons. The molecule has 1 aliphatic carbocycles. The summed E-state index contributed by atoms with van der Waals surface area (Å²) in [6.45, 7) is 0. The Morgan fingerprint density at radius 1 is 1.03 bits per heavy atom. The number of ether oxygens (including phenoxy) is 2. The third-order valence-corrected chi connectivity index (χ3v) is 7.34.